The number of nitrogens with zero attached hydrogens (tertiary/aromatic N) is 3. The third-order valence-corrected chi connectivity index (χ3v) is 7.09. The van der Waals surface area contributed by atoms with Gasteiger partial charge >= 0.3 is 0 Å². The monoisotopic (exact) mass is 436 g/mol. The molecule has 1 N–H and O–H groups in total. The Labute approximate surface area is 180 Å². The van der Waals surface area contributed by atoms with E-state index in [0.717, 1.165) is 35.5 Å². The number of hydrogen-bond acceptors (Lipinski definition) is 4. The number of likely N-dealkylation sites (tertiary alicyclic amines) is 1. The van der Waals surface area contributed by atoms with Gasteiger partial charge in [0.1, 0.15) is 11.9 Å². The number of aryl methyl sites for hydroxylation is 1. The van der Waals surface area contributed by atoms with Gasteiger partial charge in [-0.15, -0.1) is 11.3 Å². The van der Waals surface area contributed by atoms with Gasteiger partial charge in [0.05, 0.1) is 11.3 Å². The van der Waals surface area contributed by atoms with Crippen LogP contribution in [0.2, 0.25) is 0 Å². The molecule has 0 saturated carbocycles. The highest BCUT2D eigenvalue weighted by Gasteiger charge is 2.39. The Balaban J connectivity index is 1.53. The van der Waals surface area contributed by atoms with Crippen LogP contribution < -0.4 is 5.32 Å². The average Bonchev–Trinajstić information content (AvgIpc) is 3.32. The van der Waals surface area contributed by atoms with Crippen LogP contribution in [0.4, 0.5) is 14.6 Å². The maximum absolute atomic E-state index is 13.9. The highest BCUT2D eigenvalue weighted by Crippen LogP contribution is 2.38. The Morgan fingerprint density at radius 2 is 2.10 bits per heavy atom. The van der Waals surface area contributed by atoms with Crippen LogP contribution in [0.15, 0.2) is 17.5 Å². The smallest absolute Gasteiger partial charge is 0.260 e. The normalized spacial score (nSPS) is 24.6. The lowest BCUT2D eigenvalue weighted by atomic mass is 9.85. The molecule has 5 nitrogen and oxygen atoms in total. The maximum Gasteiger partial charge on any atom is 0.260 e. The van der Waals surface area contributed by atoms with Gasteiger partial charge in [0.2, 0.25) is 0 Å². The van der Waals surface area contributed by atoms with Crippen LogP contribution in [0.25, 0.3) is 0 Å². The number of amides is 1. The fourth-order valence-electron chi connectivity index (χ4n) is 4.51. The molecule has 4 heterocycles. The fourth-order valence-corrected chi connectivity index (χ4v) is 5.19. The number of carbonyl (C=O) groups is 1. The molecule has 2 aromatic rings. The number of aromatic nitrogens is 2. The Morgan fingerprint density at radius 3 is 2.73 bits per heavy atom. The van der Waals surface area contributed by atoms with Gasteiger partial charge < -0.3 is 10.2 Å². The third-order valence-electron chi connectivity index (χ3n) is 6.23. The molecule has 2 aliphatic heterocycles. The molecular formula is C22H30F2N4OS. The molecular weight excluding hydrogens is 406 g/mol. The molecule has 3 atom stereocenters. The second-order valence-corrected chi connectivity index (χ2v) is 10.7. The number of thiophene rings is 1. The van der Waals surface area contributed by atoms with Crippen LogP contribution in [-0.4, -0.2) is 46.1 Å². The van der Waals surface area contributed by atoms with Crippen molar-refractivity contribution in [1.29, 1.82) is 0 Å². The van der Waals surface area contributed by atoms with Crippen molar-refractivity contribution in [2.24, 2.45) is 5.92 Å². The minimum atomic E-state index is -2.48. The zero-order valence-corrected chi connectivity index (χ0v) is 18.8. The second kappa shape index (κ2) is 7.94. The number of alkyl halides is 2. The van der Waals surface area contributed by atoms with Crippen LogP contribution in [0.5, 0.6) is 0 Å². The van der Waals surface area contributed by atoms with E-state index in [1.54, 1.807) is 11.3 Å². The van der Waals surface area contributed by atoms with Gasteiger partial charge in [-0.1, -0.05) is 20.8 Å². The van der Waals surface area contributed by atoms with E-state index in [-0.39, 0.29) is 23.3 Å². The molecule has 0 radical (unpaired) electrons. The molecule has 30 heavy (non-hydrogen) atoms. The van der Waals surface area contributed by atoms with Gasteiger partial charge in [-0.2, -0.15) is 5.10 Å². The van der Waals surface area contributed by atoms with Crippen molar-refractivity contribution >= 4 is 23.1 Å². The van der Waals surface area contributed by atoms with Crippen LogP contribution in [0, 0.1) is 12.8 Å². The molecule has 164 valence electrons. The van der Waals surface area contributed by atoms with E-state index in [1.807, 2.05) is 50.1 Å². The predicted molar refractivity (Wildman–Crippen MR) is 116 cm³/mol. The van der Waals surface area contributed by atoms with E-state index in [4.69, 9.17) is 0 Å². The summed E-state index contributed by atoms with van der Waals surface area (Å²) in [6.07, 6.45) is -0.333. The minimum Gasteiger partial charge on any atom is -0.367 e. The molecule has 0 aliphatic carbocycles. The van der Waals surface area contributed by atoms with E-state index in [0.29, 0.717) is 18.8 Å². The van der Waals surface area contributed by atoms with E-state index >= 15 is 0 Å². The topological polar surface area (TPSA) is 50.2 Å². The zero-order chi connectivity index (χ0) is 21.6. The Bertz CT molecular complexity index is 917. The quantitative estimate of drug-likeness (QED) is 0.729. The molecule has 2 aromatic heterocycles. The number of rotatable bonds is 3. The first kappa shape index (κ1) is 21.3. The number of nitrogens with one attached hydrogen (secondary N) is 1. The lowest BCUT2D eigenvalue weighted by Crippen LogP contribution is -2.48. The molecule has 8 heteroatoms. The highest BCUT2D eigenvalue weighted by molar-refractivity contribution is 7.10. The van der Waals surface area contributed by atoms with Crippen LogP contribution in [0.1, 0.15) is 67.0 Å². The Hall–Kier alpha value is -1.96. The summed E-state index contributed by atoms with van der Waals surface area (Å²) in [6, 6.07) is 2.80. The SMILES string of the molecule is Cc1cc(C(=O)N2CCC[C@H]([C@@H]3C[C@H](C(F)F)n4nc(C(C)(C)C)cc4N3)C2)cs1. The van der Waals surface area contributed by atoms with Crippen LogP contribution in [0.3, 0.4) is 0 Å². The average molecular weight is 437 g/mol. The van der Waals surface area contributed by atoms with Crippen molar-refractivity contribution < 1.29 is 13.6 Å². The van der Waals surface area contributed by atoms with Crippen molar-refractivity contribution in [3.05, 3.63) is 33.6 Å². The number of hydrogen-bond donors (Lipinski definition) is 1. The van der Waals surface area contributed by atoms with Crippen LogP contribution >= 0.6 is 11.3 Å². The summed E-state index contributed by atoms with van der Waals surface area (Å²) in [5, 5.41) is 9.88. The van der Waals surface area contributed by atoms with Crippen molar-refractivity contribution in [3.8, 4) is 0 Å². The molecule has 0 spiro atoms. The van der Waals surface area contributed by atoms with Crippen LogP contribution in [-0.2, 0) is 5.41 Å². The first-order valence-electron chi connectivity index (χ1n) is 10.6. The van der Waals surface area contributed by atoms with Gasteiger partial charge in [-0.25, -0.2) is 13.5 Å². The lowest BCUT2D eigenvalue weighted by Gasteiger charge is -2.41. The first-order chi connectivity index (χ1) is 14.1. The van der Waals surface area contributed by atoms with E-state index < -0.39 is 12.5 Å². The molecule has 0 bridgehead atoms. The molecule has 1 fully saturated rings. The number of carbonyl (C=O) groups excluding carboxylic acids is 1. The van der Waals surface area contributed by atoms with Gasteiger partial charge in [-0.05, 0) is 38.2 Å². The summed E-state index contributed by atoms with van der Waals surface area (Å²) in [5.41, 5.74) is 1.33. The van der Waals surface area contributed by atoms with E-state index in [1.165, 1.54) is 4.68 Å². The standard InChI is InChI=1S/C22H30F2N4OS/c1-13-8-15(12-30-13)21(29)27-7-5-6-14(11-27)16-9-17(20(23)24)28-19(25-16)10-18(26-28)22(2,3)4/h8,10,12,14,16-17,20,25H,5-7,9,11H2,1-4H3/t14-,16-,17+/m0/s1. The summed E-state index contributed by atoms with van der Waals surface area (Å²) >= 11 is 1.57. The number of fused-ring (bicyclic) bond motifs is 1. The molecule has 4 rings (SSSR count). The molecule has 0 aromatic carbocycles. The summed E-state index contributed by atoms with van der Waals surface area (Å²) < 4.78 is 29.3. The predicted octanol–water partition coefficient (Wildman–Crippen LogP) is 5.09. The third kappa shape index (κ3) is 4.11. The summed E-state index contributed by atoms with van der Waals surface area (Å²) in [7, 11) is 0. The molecule has 1 amide bonds. The summed E-state index contributed by atoms with van der Waals surface area (Å²) in [5.74, 6) is 0.856. The minimum absolute atomic E-state index is 0.0466. The van der Waals surface area contributed by atoms with Gasteiger partial charge in [-0.3, -0.25) is 4.79 Å². The van der Waals surface area contributed by atoms with Gasteiger partial charge in [0.25, 0.3) is 12.3 Å². The summed E-state index contributed by atoms with van der Waals surface area (Å²) in [6.45, 7) is 9.42. The van der Waals surface area contributed by atoms with Gasteiger partial charge in [0.15, 0.2) is 0 Å². The number of piperidine rings is 1. The fraction of sp³-hybridized carbons (Fsp3) is 0.636. The maximum atomic E-state index is 13.9. The highest BCUT2D eigenvalue weighted by atomic mass is 32.1. The van der Waals surface area contributed by atoms with E-state index in [2.05, 4.69) is 10.4 Å². The summed E-state index contributed by atoms with van der Waals surface area (Å²) in [4.78, 5) is 15.9. The van der Waals surface area contributed by atoms with E-state index in [9.17, 15) is 13.6 Å². The number of halogens is 2. The van der Waals surface area contributed by atoms with Gasteiger partial charge in [0, 0.05) is 40.9 Å². The van der Waals surface area contributed by atoms with Crippen molar-refractivity contribution in [1.82, 2.24) is 14.7 Å². The van der Waals surface area contributed by atoms with Crippen molar-refractivity contribution in [3.63, 3.8) is 0 Å². The first-order valence-corrected chi connectivity index (χ1v) is 11.5. The second-order valence-electron chi connectivity index (χ2n) is 9.60. The molecule has 1 saturated heterocycles. The zero-order valence-electron chi connectivity index (χ0n) is 18.0. The number of anilines is 1. The van der Waals surface area contributed by atoms with Crippen molar-refractivity contribution in [2.45, 2.75) is 70.9 Å². The largest absolute Gasteiger partial charge is 0.367 e. The Kier molecular flexibility index (Phi) is 5.64. The lowest BCUT2D eigenvalue weighted by molar-refractivity contribution is 0.0504. The molecule has 2 aliphatic rings. The Morgan fingerprint density at radius 1 is 1.33 bits per heavy atom. The van der Waals surface area contributed by atoms with Crippen molar-refractivity contribution in [2.75, 3.05) is 18.4 Å². The molecule has 0 unspecified atom stereocenters.